The van der Waals surface area contributed by atoms with Crippen LogP contribution in [0.25, 0.3) is 0 Å². The van der Waals surface area contributed by atoms with E-state index < -0.39 is 0 Å². The van der Waals surface area contributed by atoms with Crippen LogP contribution in [-0.4, -0.2) is 27.2 Å². The van der Waals surface area contributed by atoms with E-state index in [9.17, 15) is 0 Å². The van der Waals surface area contributed by atoms with E-state index in [0.29, 0.717) is 6.04 Å². The molecule has 0 unspecified atom stereocenters. The Balaban J connectivity index is 1.56. The Bertz CT molecular complexity index is 643. The summed E-state index contributed by atoms with van der Waals surface area (Å²) in [6, 6.07) is 0.462. The van der Waals surface area contributed by atoms with Gasteiger partial charge < -0.3 is 14.6 Å². The maximum absolute atomic E-state index is 5.92. The second-order valence-electron chi connectivity index (χ2n) is 7.29. The van der Waals surface area contributed by atoms with Crippen LogP contribution in [0.5, 0.6) is 0 Å². The van der Waals surface area contributed by atoms with Crippen molar-refractivity contribution in [3.05, 3.63) is 34.3 Å². The van der Waals surface area contributed by atoms with Gasteiger partial charge in [-0.3, -0.25) is 0 Å². The van der Waals surface area contributed by atoms with E-state index in [1.165, 1.54) is 5.01 Å². The van der Waals surface area contributed by atoms with Crippen molar-refractivity contribution in [2.24, 2.45) is 7.05 Å². The molecule has 0 saturated carbocycles. The molecule has 1 fully saturated rings. The van der Waals surface area contributed by atoms with Gasteiger partial charge in [0.2, 0.25) is 0 Å². The second kappa shape index (κ2) is 6.71. The summed E-state index contributed by atoms with van der Waals surface area (Å²) >= 11 is 1.76. The van der Waals surface area contributed by atoms with Crippen LogP contribution in [0.15, 0.2) is 17.9 Å². The zero-order valence-electron chi connectivity index (χ0n) is 14.4. The number of aryl methyl sites for hydroxylation is 1. The number of thiazole rings is 1. The molecule has 126 valence electrons. The highest BCUT2D eigenvalue weighted by Gasteiger charge is 2.26. The molecular weight excluding hydrogens is 308 g/mol. The fraction of sp³-hybridized carbons (Fsp3) is 0.647. The van der Waals surface area contributed by atoms with Gasteiger partial charge in [-0.2, -0.15) is 0 Å². The maximum Gasteiger partial charge on any atom is 0.100 e. The van der Waals surface area contributed by atoms with Gasteiger partial charge in [-0.15, -0.1) is 11.3 Å². The van der Waals surface area contributed by atoms with Crippen molar-refractivity contribution in [3.63, 3.8) is 0 Å². The standard InChI is InChI=1S/C17H26N4OS/c1-17(2,3)16-20-13(10-23-16)8-19-12-5-6-22-15(7-12)14-9-18-11-21(14)4/h9-12,15,19H,5-8H2,1-4H3/t12-,15-/m0/s1. The third-order valence-corrected chi connectivity index (χ3v) is 5.55. The molecule has 1 N–H and O–H groups in total. The average Bonchev–Trinajstić information content (AvgIpc) is 3.14. The van der Waals surface area contributed by atoms with E-state index in [4.69, 9.17) is 9.72 Å². The molecular formula is C17H26N4OS. The number of nitrogens with one attached hydrogen (secondary N) is 1. The van der Waals surface area contributed by atoms with Crippen molar-refractivity contribution in [3.8, 4) is 0 Å². The van der Waals surface area contributed by atoms with E-state index in [-0.39, 0.29) is 11.5 Å². The third kappa shape index (κ3) is 4.00. The zero-order chi connectivity index (χ0) is 16.4. The van der Waals surface area contributed by atoms with Gasteiger partial charge in [-0.25, -0.2) is 9.97 Å². The summed E-state index contributed by atoms with van der Waals surface area (Å²) in [6.45, 7) is 8.24. The van der Waals surface area contributed by atoms with Crippen molar-refractivity contribution in [1.82, 2.24) is 19.9 Å². The largest absolute Gasteiger partial charge is 0.372 e. The highest BCUT2D eigenvalue weighted by Crippen LogP contribution is 2.28. The Labute approximate surface area is 142 Å². The molecule has 3 heterocycles. The van der Waals surface area contributed by atoms with Crippen molar-refractivity contribution in [1.29, 1.82) is 0 Å². The van der Waals surface area contributed by atoms with Crippen molar-refractivity contribution in [2.45, 2.75) is 57.7 Å². The molecule has 5 nitrogen and oxygen atoms in total. The van der Waals surface area contributed by atoms with Gasteiger partial charge in [0.25, 0.3) is 0 Å². The summed E-state index contributed by atoms with van der Waals surface area (Å²) in [5.41, 5.74) is 2.43. The number of hydrogen-bond acceptors (Lipinski definition) is 5. The fourth-order valence-corrected chi connectivity index (χ4v) is 3.75. The first-order chi connectivity index (χ1) is 10.9. The van der Waals surface area contributed by atoms with Crippen LogP contribution in [-0.2, 0) is 23.7 Å². The second-order valence-corrected chi connectivity index (χ2v) is 8.14. The van der Waals surface area contributed by atoms with Crippen molar-refractivity contribution < 1.29 is 4.74 Å². The van der Waals surface area contributed by atoms with Crippen LogP contribution in [0.4, 0.5) is 0 Å². The highest BCUT2D eigenvalue weighted by molar-refractivity contribution is 7.09. The van der Waals surface area contributed by atoms with Crippen LogP contribution >= 0.6 is 11.3 Å². The van der Waals surface area contributed by atoms with Gasteiger partial charge in [-0.05, 0) is 12.8 Å². The summed E-state index contributed by atoms with van der Waals surface area (Å²) in [4.78, 5) is 8.95. The molecule has 0 radical (unpaired) electrons. The lowest BCUT2D eigenvalue weighted by molar-refractivity contribution is -0.00408. The van der Waals surface area contributed by atoms with E-state index >= 15 is 0 Å². The Morgan fingerprint density at radius 2 is 2.26 bits per heavy atom. The van der Waals surface area contributed by atoms with Gasteiger partial charge in [0.15, 0.2) is 0 Å². The SMILES string of the molecule is Cn1cncc1[C@@H]1C[C@@H](NCc2csc(C(C)(C)C)n2)CCO1. The summed E-state index contributed by atoms with van der Waals surface area (Å²) < 4.78 is 7.96. The number of nitrogens with zero attached hydrogens (tertiary/aromatic N) is 3. The van der Waals surface area contributed by atoms with Crippen molar-refractivity contribution in [2.75, 3.05) is 6.61 Å². The van der Waals surface area contributed by atoms with E-state index in [1.54, 1.807) is 11.3 Å². The molecule has 1 aliphatic rings. The first kappa shape index (κ1) is 16.6. The monoisotopic (exact) mass is 334 g/mol. The van der Waals surface area contributed by atoms with E-state index in [1.807, 2.05) is 24.1 Å². The molecule has 1 saturated heterocycles. The van der Waals surface area contributed by atoms with Gasteiger partial charge in [0.1, 0.15) is 6.10 Å². The molecule has 1 aliphatic heterocycles. The first-order valence-corrected chi connectivity index (χ1v) is 9.07. The topological polar surface area (TPSA) is 52.0 Å². The molecule has 0 aliphatic carbocycles. The first-order valence-electron chi connectivity index (χ1n) is 8.19. The molecule has 0 aromatic carbocycles. The van der Waals surface area contributed by atoms with Gasteiger partial charge in [-0.1, -0.05) is 20.8 Å². The zero-order valence-corrected chi connectivity index (χ0v) is 15.2. The quantitative estimate of drug-likeness (QED) is 0.933. The van der Waals surface area contributed by atoms with Crippen LogP contribution in [0.2, 0.25) is 0 Å². The molecule has 3 rings (SSSR count). The number of hydrogen-bond donors (Lipinski definition) is 1. The van der Waals surface area contributed by atoms with Crippen LogP contribution in [0.3, 0.4) is 0 Å². The lowest BCUT2D eigenvalue weighted by Gasteiger charge is -2.30. The molecule has 23 heavy (non-hydrogen) atoms. The Morgan fingerprint density at radius 3 is 2.91 bits per heavy atom. The fourth-order valence-electron chi connectivity index (χ4n) is 2.85. The highest BCUT2D eigenvalue weighted by atomic mass is 32.1. The van der Waals surface area contributed by atoms with Crippen LogP contribution < -0.4 is 5.32 Å². The molecule has 0 amide bonds. The summed E-state index contributed by atoms with van der Waals surface area (Å²) in [5.74, 6) is 0. The molecule has 6 heteroatoms. The number of ether oxygens (including phenoxy) is 1. The predicted molar refractivity (Wildman–Crippen MR) is 92.6 cm³/mol. The lowest BCUT2D eigenvalue weighted by Crippen LogP contribution is -2.36. The lowest BCUT2D eigenvalue weighted by atomic mass is 9.98. The number of rotatable bonds is 4. The normalized spacial score (nSPS) is 22.4. The predicted octanol–water partition coefficient (Wildman–Crippen LogP) is 3.18. The smallest absolute Gasteiger partial charge is 0.100 e. The van der Waals surface area contributed by atoms with Gasteiger partial charge >= 0.3 is 0 Å². The number of imidazole rings is 1. The van der Waals surface area contributed by atoms with Crippen LogP contribution in [0.1, 0.15) is 56.1 Å². The van der Waals surface area contributed by atoms with Crippen molar-refractivity contribution >= 4 is 11.3 Å². The maximum atomic E-state index is 5.92. The summed E-state index contributed by atoms with van der Waals surface area (Å²) in [5, 5.41) is 7.02. The Morgan fingerprint density at radius 1 is 1.43 bits per heavy atom. The summed E-state index contributed by atoms with van der Waals surface area (Å²) in [6.07, 6.45) is 5.90. The van der Waals surface area contributed by atoms with Gasteiger partial charge in [0.05, 0.1) is 28.9 Å². The molecule has 0 spiro atoms. The minimum absolute atomic E-state index is 0.131. The average molecular weight is 334 g/mol. The molecule has 2 aromatic rings. The van der Waals surface area contributed by atoms with E-state index in [2.05, 4.69) is 36.5 Å². The molecule has 2 atom stereocenters. The minimum Gasteiger partial charge on any atom is -0.372 e. The summed E-state index contributed by atoms with van der Waals surface area (Å²) in [7, 11) is 2.02. The third-order valence-electron chi connectivity index (χ3n) is 4.23. The van der Waals surface area contributed by atoms with Gasteiger partial charge in [0, 0.05) is 37.0 Å². The van der Waals surface area contributed by atoms with E-state index in [0.717, 1.165) is 37.4 Å². The number of aromatic nitrogens is 3. The van der Waals surface area contributed by atoms with Crippen LogP contribution in [0, 0.1) is 0 Å². The molecule has 2 aromatic heterocycles. The Hall–Kier alpha value is -1.24. The minimum atomic E-state index is 0.131. The molecule has 0 bridgehead atoms. The Kier molecular flexibility index (Phi) is 4.85.